The Hall–Kier alpha value is -1.22. The SMILES string of the molecule is CC(O)c1nc(COCC(F)(F)C(F)F)no1. The number of alkyl halides is 4. The molecule has 1 aromatic rings. The second kappa shape index (κ2) is 5.41. The molecular weight excluding hydrogens is 248 g/mol. The lowest BCUT2D eigenvalue weighted by molar-refractivity contribution is -0.168. The Labute approximate surface area is 93.4 Å². The average molecular weight is 258 g/mol. The van der Waals surface area contributed by atoms with E-state index >= 15 is 0 Å². The monoisotopic (exact) mass is 258 g/mol. The van der Waals surface area contributed by atoms with Gasteiger partial charge in [0.25, 0.3) is 5.89 Å². The fourth-order valence-electron chi connectivity index (χ4n) is 0.837. The van der Waals surface area contributed by atoms with Crippen molar-refractivity contribution in [2.24, 2.45) is 0 Å². The normalized spacial score (nSPS) is 14.3. The van der Waals surface area contributed by atoms with Crippen LogP contribution in [-0.2, 0) is 11.3 Å². The molecule has 0 fully saturated rings. The second-order valence-electron chi connectivity index (χ2n) is 3.28. The van der Waals surface area contributed by atoms with E-state index in [4.69, 9.17) is 5.11 Å². The number of rotatable bonds is 6. The highest BCUT2D eigenvalue weighted by molar-refractivity contribution is 4.86. The fourth-order valence-corrected chi connectivity index (χ4v) is 0.837. The molecule has 0 spiro atoms. The van der Waals surface area contributed by atoms with Gasteiger partial charge in [-0.05, 0) is 6.92 Å². The quantitative estimate of drug-likeness (QED) is 0.784. The maximum Gasteiger partial charge on any atom is 0.330 e. The molecule has 0 saturated carbocycles. The molecule has 98 valence electrons. The summed E-state index contributed by atoms with van der Waals surface area (Å²) in [5, 5.41) is 12.3. The summed E-state index contributed by atoms with van der Waals surface area (Å²) in [5.41, 5.74) is 0. The van der Waals surface area contributed by atoms with Crippen LogP contribution in [0.5, 0.6) is 0 Å². The lowest BCUT2D eigenvalue weighted by Crippen LogP contribution is -2.32. The molecule has 1 N–H and O–H groups in total. The van der Waals surface area contributed by atoms with Crippen molar-refractivity contribution in [2.75, 3.05) is 6.61 Å². The van der Waals surface area contributed by atoms with Crippen LogP contribution in [0.2, 0.25) is 0 Å². The van der Waals surface area contributed by atoms with Crippen LogP contribution in [0.15, 0.2) is 4.52 Å². The van der Waals surface area contributed by atoms with Crippen molar-refractivity contribution in [2.45, 2.75) is 32.0 Å². The van der Waals surface area contributed by atoms with E-state index < -0.39 is 31.7 Å². The van der Waals surface area contributed by atoms with E-state index in [0.717, 1.165) is 0 Å². The minimum absolute atomic E-state index is 0.106. The third-order valence-electron chi connectivity index (χ3n) is 1.69. The van der Waals surface area contributed by atoms with E-state index in [0.29, 0.717) is 0 Å². The summed E-state index contributed by atoms with van der Waals surface area (Å²) < 4.78 is 57.1. The molecule has 0 amide bonds. The van der Waals surface area contributed by atoms with Crippen LogP contribution in [0.1, 0.15) is 24.7 Å². The first kappa shape index (κ1) is 13.8. The summed E-state index contributed by atoms with van der Waals surface area (Å²) >= 11 is 0. The van der Waals surface area contributed by atoms with Crippen LogP contribution in [0.4, 0.5) is 17.6 Å². The van der Waals surface area contributed by atoms with E-state index in [1.165, 1.54) is 6.92 Å². The standard InChI is InChI=1S/C8H10F4N2O3/c1-4(15)6-13-5(14-17-6)2-16-3-8(11,12)7(9)10/h4,7,15H,2-3H2,1H3. The van der Waals surface area contributed by atoms with Crippen molar-refractivity contribution in [3.05, 3.63) is 11.7 Å². The summed E-state index contributed by atoms with van der Waals surface area (Å²) in [6.07, 6.45) is -4.79. The number of halogens is 4. The minimum atomic E-state index is -4.21. The molecular formula is C8H10F4N2O3. The smallest absolute Gasteiger partial charge is 0.330 e. The first-order valence-electron chi connectivity index (χ1n) is 4.57. The molecule has 0 radical (unpaired) electrons. The highest BCUT2D eigenvalue weighted by atomic mass is 19.3. The number of aliphatic hydroxyl groups excluding tert-OH is 1. The van der Waals surface area contributed by atoms with Gasteiger partial charge in [-0.25, -0.2) is 8.78 Å². The van der Waals surface area contributed by atoms with Gasteiger partial charge in [-0.3, -0.25) is 0 Å². The molecule has 0 aliphatic rings. The van der Waals surface area contributed by atoms with Crippen molar-refractivity contribution in [3.8, 4) is 0 Å². The van der Waals surface area contributed by atoms with Crippen LogP contribution in [0.3, 0.4) is 0 Å². The number of aliphatic hydroxyl groups is 1. The summed E-state index contributed by atoms with van der Waals surface area (Å²) in [4.78, 5) is 3.59. The summed E-state index contributed by atoms with van der Waals surface area (Å²) in [6.45, 7) is -0.579. The second-order valence-corrected chi connectivity index (χ2v) is 3.28. The predicted molar refractivity (Wildman–Crippen MR) is 45.5 cm³/mol. The Kier molecular flexibility index (Phi) is 4.40. The van der Waals surface area contributed by atoms with Gasteiger partial charge in [-0.1, -0.05) is 5.16 Å². The van der Waals surface area contributed by atoms with E-state index in [1.807, 2.05) is 0 Å². The van der Waals surface area contributed by atoms with Crippen molar-refractivity contribution < 1.29 is 31.9 Å². The largest absolute Gasteiger partial charge is 0.384 e. The molecule has 0 saturated heterocycles. The van der Waals surface area contributed by atoms with Gasteiger partial charge in [0.05, 0.1) is 0 Å². The zero-order valence-electron chi connectivity index (χ0n) is 8.74. The van der Waals surface area contributed by atoms with Crippen molar-refractivity contribution >= 4 is 0 Å². The van der Waals surface area contributed by atoms with E-state index in [2.05, 4.69) is 19.4 Å². The Balaban J connectivity index is 2.41. The summed E-state index contributed by atoms with van der Waals surface area (Å²) in [7, 11) is 0. The molecule has 1 aromatic heterocycles. The van der Waals surface area contributed by atoms with Gasteiger partial charge < -0.3 is 14.4 Å². The van der Waals surface area contributed by atoms with E-state index in [1.54, 1.807) is 0 Å². The maximum absolute atomic E-state index is 12.4. The zero-order valence-corrected chi connectivity index (χ0v) is 8.74. The molecule has 1 rings (SSSR count). The molecule has 0 aliphatic carbocycles. The lowest BCUT2D eigenvalue weighted by atomic mass is 10.4. The van der Waals surface area contributed by atoms with Gasteiger partial charge in [0.15, 0.2) is 5.82 Å². The van der Waals surface area contributed by atoms with Crippen LogP contribution in [-0.4, -0.2) is 34.2 Å². The van der Waals surface area contributed by atoms with E-state index in [9.17, 15) is 17.6 Å². The van der Waals surface area contributed by atoms with Crippen LogP contribution >= 0.6 is 0 Å². The van der Waals surface area contributed by atoms with Gasteiger partial charge in [-0.2, -0.15) is 13.8 Å². The summed E-state index contributed by atoms with van der Waals surface area (Å²) in [6, 6.07) is 0. The number of nitrogens with zero attached hydrogens (tertiary/aromatic N) is 2. The number of hydrogen-bond donors (Lipinski definition) is 1. The topological polar surface area (TPSA) is 68.4 Å². The first-order chi connectivity index (χ1) is 7.83. The van der Waals surface area contributed by atoms with Gasteiger partial charge >= 0.3 is 12.3 Å². The Morgan fingerprint density at radius 2 is 2.12 bits per heavy atom. The van der Waals surface area contributed by atoms with E-state index in [-0.39, 0.29) is 11.7 Å². The molecule has 5 nitrogen and oxygen atoms in total. The molecule has 17 heavy (non-hydrogen) atoms. The van der Waals surface area contributed by atoms with Crippen molar-refractivity contribution in [1.82, 2.24) is 10.1 Å². The van der Waals surface area contributed by atoms with Gasteiger partial charge in [-0.15, -0.1) is 0 Å². The number of hydrogen-bond acceptors (Lipinski definition) is 5. The van der Waals surface area contributed by atoms with Crippen molar-refractivity contribution in [3.63, 3.8) is 0 Å². The van der Waals surface area contributed by atoms with Gasteiger partial charge in [0.1, 0.15) is 19.3 Å². The lowest BCUT2D eigenvalue weighted by Gasteiger charge is -2.14. The average Bonchev–Trinajstić information content (AvgIpc) is 2.66. The van der Waals surface area contributed by atoms with Gasteiger partial charge in [0, 0.05) is 0 Å². The maximum atomic E-state index is 12.4. The van der Waals surface area contributed by atoms with Crippen LogP contribution in [0.25, 0.3) is 0 Å². The highest BCUT2D eigenvalue weighted by Crippen LogP contribution is 2.23. The summed E-state index contributed by atoms with van der Waals surface area (Å²) in [5.74, 6) is -4.42. The highest BCUT2D eigenvalue weighted by Gasteiger charge is 2.41. The van der Waals surface area contributed by atoms with Crippen LogP contribution < -0.4 is 0 Å². The molecule has 0 bridgehead atoms. The molecule has 1 heterocycles. The van der Waals surface area contributed by atoms with Crippen LogP contribution in [0, 0.1) is 0 Å². The molecule has 1 unspecified atom stereocenters. The Bertz CT molecular complexity index is 356. The third kappa shape index (κ3) is 3.93. The molecule has 0 aromatic carbocycles. The minimum Gasteiger partial charge on any atom is -0.384 e. The fraction of sp³-hybridized carbons (Fsp3) is 0.750. The number of aromatic nitrogens is 2. The Morgan fingerprint density at radius 3 is 2.59 bits per heavy atom. The molecule has 1 atom stereocenters. The van der Waals surface area contributed by atoms with Crippen molar-refractivity contribution in [1.29, 1.82) is 0 Å². The first-order valence-corrected chi connectivity index (χ1v) is 4.57. The predicted octanol–water partition coefficient (Wildman–Crippen LogP) is 1.54. The Morgan fingerprint density at radius 1 is 1.47 bits per heavy atom. The molecule has 9 heteroatoms. The molecule has 0 aliphatic heterocycles. The van der Waals surface area contributed by atoms with Gasteiger partial charge in [0.2, 0.25) is 0 Å². The zero-order chi connectivity index (χ0) is 13.1. The number of ether oxygens (including phenoxy) is 1. The third-order valence-corrected chi connectivity index (χ3v) is 1.69.